The Morgan fingerprint density at radius 1 is 1.38 bits per heavy atom. The first-order valence-electron chi connectivity index (χ1n) is 7.82. The molecule has 2 nitrogen and oxygen atoms in total. The van der Waals surface area contributed by atoms with E-state index in [0.717, 1.165) is 18.6 Å². The average molecular weight is 285 g/mol. The smallest absolute Gasteiger partial charge is 0.161 e. The van der Waals surface area contributed by atoms with Crippen LogP contribution in [0, 0.1) is 5.92 Å². The van der Waals surface area contributed by atoms with E-state index in [2.05, 4.69) is 69.2 Å². The van der Waals surface area contributed by atoms with Crippen molar-refractivity contribution in [2.75, 3.05) is 13.8 Å². The highest BCUT2D eigenvalue weighted by Gasteiger charge is 2.13. The number of rotatable bonds is 5. The van der Waals surface area contributed by atoms with Crippen LogP contribution in [0.25, 0.3) is 0 Å². The highest BCUT2D eigenvalue weighted by molar-refractivity contribution is 5.28. The molecule has 2 rings (SSSR count). The van der Waals surface area contributed by atoms with Crippen LogP contribution in [0.5, 0.6) is 0 Å². The Morgan fingerprint density at radius 2 is 2.19 bits per heavy atom. The first-order valence-corrected chi connectivity index (χ1v) is 7.82. The van der Waals surface area contributed by atoms with Crippen LogP contribution in [0.3, 0.4) is 0 Å². The van der Waals surface area contributed by atoms with E-state index in [1.807, 2.05) is 0 Å². The van der Waals surface area contributed by atoms with E-state index in [0.29, 0.717) is 12.6 Å². The van der Waals surface area contributed by atoms with Crippen LogP contribution in [0.2, 0.25) is 0 Å². The maximum Gasteiger partial charge on any atom is 0.161 e. The number of hydrogen-bond donors (Lipinski definition) is 0. The normalized spacial score (nSPS) is 22.4. The predicted molar refractivity (Wildman–Crippen MR) is 89.6 cm³/mol. The number of allylic oxidation sites excluding steroid dienone is 8. The molecule has 114 valence electrons. The van der Waals surface area contributed by atoms with Gasteiger partial charge in [0.2, 0.25) is 0 Å². The summed E-state index contributed by atoms with van der Waals surface area (Å²) in [5.74, 6) is 1.55. The van der Waals surface area contributed by atoms with Gasteiger partial charge in [0.15, 0.2) is 6.73 Å². The fourth-order valence-electron chi connectivity index (χ4n) is 2.76. The summed E-state index contributed by atoms with van der Waals surface area (Å²) in [7, 11) is 2.09. The second-order valence-electron chi connectivity index (χ2n) is 6.03. The zero-order valence-corrected chi connectivity index (χ0v) is 13.7. The predicted octanol–water partition coefficient (Wildman–Crippen LogP) is 4.94. The Balaban J connectivity index is 1.90. The molecule has 0 saturated carbocycles. The van der Waals surface area contributed by atoms with E-state index >= 15 is 0 Å². The van der Waals surface area contributed by atoms with Gasteiger partial charge in [-0.1, -0.05) is 29.9 Å². The largest absolute Gasteiger partial charge is 0.473 e. The van der Waals surface area contributed by atoms with E-state index in [-0.39, 0.29) is 0 Å². The van der Waals surface area contributed by atoms with Gasteiger partial charge in [-0.3, -0.25) is 0 Å². The van der Waals surface area contributed by atoms with Gasteiger partial charge < -0.3 is 9.64 Å². The summed E-state index contributed by atoms with van der Waals surface area (Å²) in [4.78, 5) is 2.18. The first kappa shape index (κ1) is 15.7. The maximum absolute atomic E-state index is 6.00. The molecule has 0 bridgehead atoms. The zero-order valence-electron chi connectivity index (χ0n) is 13.7. The molecule has 2 heteroatoms. The summed E-state index contributed by atoms with van der Waals surface area (Å²) >= 11 is 0. The molecule has 0 radical (unpaired) electrons. The first-order chi connectivity index (χ1) is 10.1. The molecule has 2 aliphatic carbocycles. The molecule has 0 fully saturated rings. The summed E-state index contributed by atoms with van der Waals surface area (Å²) in [6.45, 7) is 7.03. The SMILES string of the molecule is C/C=C/[C@@H]1C=CC(OCN(C)C2=CCCC(C)=C2)=C(C)C1. The Labute approximate surface area is 129 Å². The fraction of sp³-hybridized carbons (Fsp3) is 0.474. The lowest BCUT2D eigenvalue weighted by Gasteiger charge is -2.25. The minimum absolute atomic E-state index is 0.520. The highest BCUT2D eigenvalue weighted by Crippen LogP contribution is 2.25. The molecule has 0 unspecified atom stereocenters. The third-order valence-corrected chi connectivity index (χ3v) is 4.04. The molecule has 21 heavy (non-hydrogen) atoms. The maximum atomic E-state index is 6.00. The van der Waals surface area contributed by atoms with E-state index < -0.39 is 0 Å². The van der Waals surface area contributed by atoms with E-state index in [4.69, 9.17) is 4.74 Å². The van der Waals surface area contributed by atoms with Crippen LogP contribution in [-0.4, -0.2) is 18.7 Å². The molecular weight excluding hydrogens is 258 g/mol. The van der Waals surface area contributed by atoms with E-state index in [1.54, 1.807) is 0 Å². The topological polar surface area (TPSA) is 12.5 Å². The van der Waals surface area contributed by atoms with Crippen molar-refractivity contribution in [2.24, 2.45) is 5.92 Å². The quantitative estimate of drug-likeness (QED) is 0.524. The highest BCUT2D eigenvalue weighted by atomic mass is 16.5. The van der Waals surface area contributed by atoms with E-state index in [9.17, 15) is 0 Å². The van der Waals surface area contributed by atoms with Crippen molar-refractivity contribution in [1.29, 1.82) is 0 Å². The van der Waals surface area contributed by atoms with Gasteiger partial charge >= 0.3 is 0 Å². The lowest BCUT2D eigenvalue weighted by molar-refractivity contribution is 0.121. The van der Waals surface area contributed by atoms with Gasteiger partial charge in [-0.05, 0) is 63.7 Å². The Hall–Kier alpha value is -1.70. The van der Waals surface area contributed by atoms with Crippen LogP contribution in [-0.2, 0) is 4.74 Å². The molecule has 1 atom stereocenters. The van der Waals surface area contributed by atoms with E-state index in [1.165, 1.54) is 23.3 Å². The summed E-state index contributed by atoms with van der Waals surface area (Å²) in [5, 5.41) is 0. The standard InChI is InChI=1S/C19H27NO/c1-5-7-17-10-11-19(16(3)13-17)21-14-20(4)18-9-6-8-15(2)12-18/h5,7,9-12,17H,6,8,13-14H2,1-4H3/b7-5+/t17-/m1/s1. The second-order valence-corrected chi connectivity index (χ2v) is 6.03. The number of hydrogen-bond acceptors (Lipinski definition) is 2. The van der Waals surface area contributed by atoms with Crippen LogP contribution in [0.4, 0.5) is 0 Å². The second kappa shape index (κ2) is 7.35. The van der Waals surface area contributed by atoms with Crippen LogP contribution < -0.4 is 0 Å². The summed E-state index contributed by atoms with van der Waals surface area (Å²) in [6.07, 6.45) is 16.6. The van der Waals surface area contributed by atoms with Gasteiger partial charge in [0.25, 0.3) is 0 Å². The molecule has 0 heterocycles. The molecule has 0 aromatic heterocycles. The van der Waals surface area contributed by atoms with Gasteiger partial charge in [-0.25, -0.2) is 0 Å². The molecule has 0 amide bonds. The van der Waals surface area contributed by atoms with Gasteiger partial charge in [0.05, 0.1) is 0 Å². The molecule has 0 saturated heterocycles. The number of ether oxygens (including phenoxy) is 1. The lowest BCUT2D eigenvalue weighted by atomic mass is 9.94. The van der Waals surface area contributed by atoms with Gasteiger partial charge in [0, 0.05) is 12.7 Å². The average Bonchev–Trinajstić information content (AvgIpc) is 2.46. The zero-order chi connectivity index (χ0) is 15.2. The lowest BCUT2D eigenvalue weighted by Crippen LogP contribution is -2.21. The molecule has 0 spiro atoms. The molecule has 2 aliphatic rings. The molecule has 0 N–H and O–H groups in total. The van der Waals surface area contributed by atoms with Crippen molar-refractivity contribution in [2.45, 2.75) is 40.0 Å². The van der Waals surface area contributed by atoms with Crippen LogP contribution in [0.15, 0.2) is 59.1 Å². The molecule has 0 aromatic rings. The minimum atomic E-state index is 0.520. The summed E-state index contributed by atoms with van der Waals surface area (Å²) in [5.41, 5.74) is 4.04. The summed E-state index contributed by atoms with van der Waals surface area (Å²) < 4.78 is 6.00. The van der Waals surface area contributed by atoms with Crippen LogP contribution >= 0.6 is 0 Å². The third kappa shape index (κ3) is 4.38. The minimum Gasteiger partial charge on any atom is -0.473 e. The summed E-state index contributed by atoms with van der Waals surface area (Å²) in [6, 6.07) is 0. The molecular formula is C19H27NO. The van der Waals surface area contributed by atoms with Crippen molar-refractivity contribution >= 4 is 0 Å². The van der Waals surface area contributed by atoms with Crippen LogP contribution in [0.1, 0.15) is 40.0 Å². The van der Waals surface area contributed by atoms with Crippen molar-refractivity contribution in [1.82, 2.24) is 4.90 Å². The van der Waals surface area contributed by atoms with Crippen molar-refractivity contribution in [3.05, 3.63) is 59.1 Å². The van der Waals surface area contributed by atoms with Gasteiger partial charge in [-0.2, -0.15) is 0 Å². The Kier molecular flexibility index (Phi) is 5.49. The fourth-order valence-corrected chi connectivity index (χ4v) is 2.76. The Morgan fingerprint density at radius 3 is 2.86 bits per heavy atom. The monoisotopic (exact) mass is 285 g/mol. The Bertz CT molecular complexity index is 520. The van der Waals surface area contributed by atoms with Crippen molar-refractivity contribution in [3.8, 4) is 0 Å². The van der Waals surface area contributed by atoms with Gasteiger partial charge in [-0.15, -0.1) is 0 Å². The van der Waals surface area contributed by atoms with Crippen molar-refractivity contribution in [3.63, 3.8) is 0 Å². The third-order valence-electron chi connectivity index (χ3n) is 4.04. The van der Waals surface area contributed by atoms with Gasteiger partial charge in [0.1, 0.15) is 5.76 Å². The molecule has 0 aliphatic heterocycles. The van der Waals surface area contributed by atoms with Crippen molar-refractivity contribution < 1.29 is 4.74 Å². The number of likely N-dealkylation sites (N-methyl/N-ethyl adjacent to an activating group) is 1. The number of nitrogens with zero attached hydrogens (tertiary/aromatic N) is 1. The molecule has 0 aromatic carbocycles.